The summed E-state index contributed by atoms with van der Waals surface area (Å²) in [6.45, 7) is 3.68. The van der Waals surface area contributed by atoms with Crippen LogP contribution < -0.4 is 5.73 Å². The molecule has 294 valence electrons. The van der Waals surface area contributed by atoms with Crippen LogP contribution in [0.15, 0.2) is 24.3 Å². The molecule has 0 saturated carbocycles. The number of esters is 2. The van der Waals surface area contributed by atoms with E-state index in [0.29, 0.717) is 6.42 Å². The van der Waals surface area contributed by atoms with E-state index in [0.717, 1.165) is 64.2 Å². The molecule has 0 aromatic carbocycles. The molecule has 0 aliphatic heterocycles. The third kappa shape index (κ3) is 36.3. The van der Waals surface area contributed by atoms with E-state index < -0.39 is 32.5 Å². The smallest absolute Gasteiger partial charge is 0.462 e. The minimum absolute atomic E-state index is 0.0529. The zero-order valence-electron chi connectivity index (χ0n) is 32.1. The lowest BCUT2D eigenvalue weighted by Crippen LogP contribution is -2.29. The molecule has 2 atom stereocenters. The number of phosphoric ester groups is 1. The molecule has 50 heavy (non-hydrogen) atoms. The molecule has 10 heteroatoms. The molecular formula is C40H76NO8P. The van der Waals surface area contributed by atoms with E-state index in [1.54, 1.807) is 0 Å². The summed E-state index contributed by atoms with van der Waals surface area (Å²) in [5, 5.41) is 0. The van der Waals surface area contributed by atoms with Gasteiger partial charge in [-0.1, -0.05) is 160 Å². The third-order valence-corrected chi connectivity index (χ3v) is 9.57. The number of allylic oxidation sites excluding steroid dienone is 4. The van der Waals surface area contributed by atoms with E-state index in [1.807, 2.05) is 0 Å². The molecule has 0 spiro atoms. The molecule has 0 saturated heterocycles. The standard InChI is InChI=1S/C40H76NO8P/c1-3-5-7-9-11-13-15-17-19-21-23-25-27-29-31-33-40(43)49-38(37-48-50(44,45)47-35-34-41)36-46-39(42)32-30-28-26-24-22-20-18-16-14-12-10-8-6-4-2/h10,12,16,18,38H,3-9,11,13-15,17,19-37,41H2,1-2H3,(H,44,45)/b12-10+,18-16+/t38-/m1/s1. The Morgan fingerprint density at radius 1 is 0.600 bits per heavy atom. The zero-order valence-corrected chi connectivity index (χ0v) is 33.0. The van der Waals surface area contributed by atoms with Gasteiger partial charge < -0.3 is 20.1 Å². The number of carbonyl (C=O) groups excluding carboxylic acids is 2. The van der Waals surface area contributed by atoms with E-state index >= 15 is 0 Å². The van der Waals surface area contributed by atoms with Crippen molar-refractivity contribution in [3.8, 4) is 0 Å². The summed E-state index contributed by atoms with van der Waals surface area (Å²) in [6, 6.07) is 0. The Balaban J connectivity index is 4.19. The van der Waals surface area contributed by atoms with Crippen LogP contribution in [0.5, 0.6) is 0 Å². The van der Waals surface area contributed by atoms with Gasteiger partial charge in [0.05, 0.1) is 13.2 Å². The van der Waals surface area contributed by atoms with Crippen molar-refractivity contribution >= 4 is 19.8 Å². The predicted molar refractivity (Wildman–Crippen MR) is 206 cm³/mol. The maximum atomic E-state index is 12.5. The minimum atomic E-state index is -4.37. The van der Waals surface area contributed by atoms with Gasteiger partial charge in [0.15, 0.2) is 6.10 Å². The van der Waals surface area contributed by atoms with E-state index in [9.17, 15) is 19.0 Å². The van der Waals surface area contributed by atoms with Gasteiger partial charge >= 0.3 is 19.8 Å². The van der Waals surface area contributed by atoms with Gasteiger partial charge in [-0.3, -0.25) is 18.6 Å². The van der Waals surface area contributed by atoms with Gasteiger partial charge in [-0.15, -0.1) is 0 Å². The van der Waals surface area contributed by atoms with Crippen molar-refractivity contribution in [1.82, 2.24) is 0 Å². The Kier molecular flexibility index (Phi) is 36.1. The van der Waals surface area contributed by atoms with Crippen LogP contribution >= 0.6 is 7.82 Å². The Hall–Kier alpha value is -1.51. The van der Waals surface area contributed by atoms with Crippen LogP contribution in [0.2, 0.25) is 0 Å². The van der Waals surface area contributed by atoms with Crippen LogP contribution in [0.25, 0.3) is 0 Å². The first-order valence-corrected chi connectivity index (χ1v) is 21.8. The number of carbonyl (C=O) groups is 2. The second-order valence-corrected chi connectivity index (χ2v) is 15.0. The van der Waals surface area contributed by atoms with Crippen LogP contribution in [-0.2, 0) is 32.7 Å². The van der Waals surface area contributed by atoms with Crippen molar-refractivity contribution in [3.05, 3.63) is 24.3 Å². The lowest BCUT2D eigenvalue weighted by atomic mass is 10.0. The molecular weight excluding hydrogens is 653 g/mol. The van der Waals surface area contributed by atoms with Crippen LogP contribution in [-0.4, -0.2) is 49.3 Å². The van der Waals surface area contributed by atoms with Gasteiger partial charge in [-0.2, -0.15) is 0 Å². The topological polar surface area (TPSA) is 134 Å². The van der Waals surface area contributed by atoms with Crippen LogP contribution in [0.4, 0.5) is 0 Å². The first-order valence-electron chi connectivity index (χ1n) is 20.3. The molecule has 9 nitrogen and oxygen atoms in total. The fraction of sp³-hybridized carbons (Fsp3) is 0.850. The van der Waals surface area contributed by atoms with Gasteiger partial charge in [-0.25, -0.2) is 4.57 Å². The maximum Gasteiger partial charge on any atom is 0.472 e. The molecule has 1 unspecified atom stereocenters. The largest absolute Gasteiger partial charge is 0.472 e. The van der Waals surface area contributed by atoms with Crippen LogP contribution in [0.1, 0.15) is 187 Å². The van der Waals surface area contributed by atoms with Crippen molar-refractivity contribution in [2.45, 2.75) is 193 Å². The molecule has 0 radical (unpaired) electrons. The summed E-state index contributed by atoms with van der Waals surface area (Å²) >= 11 is 0. The van der Waals surface area contributed by atoms with Gasteiger partial charge in [0.25, 0.3) is 0 Å². The summed E-state index contributed by atoms with van der Waals surface area (Å²) < 4.78 is 32.7. The lowest BCUT2D eigenvalue weighted by molar-refractivity contribution is -0.161. The van der Waals surface area contributed by atoms with E-state index in [2.05, 4.69) is 38.2 Å². The summed E-state index contributed by atoms with van der Waals surface area (Å²) in [5.74, 6) is -0.840. The fourth-order valence-corrected chi connectivity index (χ4v) is 6.30. The highest BCUT2D eigenvalue weighted by atomic mass is 31.2. The van der Waals surface area contributed by atoms with Crippen molar-refractivity contribution in [1.29, 1.82) is 0 Å². The third-order valence-electron chi connectivity index (χ3n) is 8.59. The summed E-state index contributed by atoms with van der Waals surface area (Å²) in [7, 11) is -4.37. The number of phosphoric acid groups is 1. The molecule has 0 fully saturated rings. The fourth-order valence-electron chi connectivity index (χ4n) is 5.53. The molecule has 0 bridgehead atoms. The maximum absolute atomic E-state index is 12.5. The first kappa shape index (κ1) is 48.5. The highest BCUT2D eigenvalue weighted by Crippen LogP contribution is 2.43. The number of hydrogen-bond donors (Lipinski definition) is 2. The molecule has 0 aromatic heterocycles. The summed E-state index contributed by atoms with van der Waals surface area (Å²) in [4.78, 5) is 34.8. The van der Waals surface area contributed by atoms with E-state index in [1.165, 1.54) is 89.9 Å². The Morgan fingerprint density at radius 3 is 1.58 bits per heavy atom. The normalized spacial score (nSPS) is 13.6. The van der Waals surface area contributed by atoms with Crippen molar-refractivity contribution in [3.63, 3.8) is 0 Å². The average molecular weight is 730 g/mol. The quantitative estimate of drug-likeness (QED) is 0.0275. The SMILES string of the molecule is CCCC/C=C/C/C=C/CCCCCCCC(=O)OC[C@H](COP(=O)(O)OCCN)OC(=O)CCCCCCCCCCCCCCCCC. The Labute approximate surface area is 306 Å². The summed E-state index contributed by atoms with van der Waals surface area (Å²) in [5.41, 5.74) is 5.34. The number of hydrogen-bond acceptors (Lipinski definition) is 8. The second-order valence-electron chi connectivity index (χ2n) is 13.5. The number of unbranched alkanes of at least 4 members (excludes halogenated alkanes) is 21. The number of ether oxygens (including phenoxy) is 2. The second kappa shape index (κ2) is 37.3. The Morgan fingerprint density at radius 2 is 1.06 bits per heavy atom. The molecule has 0 heterocycles. The number of nitrogens with two attached hydrogens (primary N) is 1. The van der Waals surface area contributed by atoms with Crippen molar-refractivity contribution in [2.24, 2.45) is 5.73 Å². The molecule has 0 aliphatic rings. The van der Waals surface area contributed by atoms with Gasteiger partial charge in [0, 0.05) is 19.4 Å². The highest BCUT2D eigenvalue weighted by Gasteiger charge is 2.26. The zero-order chi connectivity index (χ0) is 36.8. The molecule has 3 N–H and O–H groups in total. The molecule has 0 amide bonds. The summed E-state index contributed by atoms with van der Waals surface area (Å²) in [6.07, 6.45) is 37.7. The van der Waals surface area contributed by atoms with Gasteiger partial charge in [0.2, 0.25) is 0 Å². The van der Waals surface area contributed by atoms with Crippen molar-refractivity contribution in [2.75, 3.05) is 26.4 Å². The average Bonchev–Trinajstić information content (AvgIpc) is 3.10. The van der Waals surface area contributed by atoms with Crippen molar-refractivity contribution < 1.29 is 37.6 Å². The van der Waals surface area contributed by atoms with E-state index in [-0.39, 0.29) is 32.6 Å². The first-order chi connectivity index (χ1) is 24.3. The monoisotopic (exact) mass is 730 g/mol. The van der Waals surface area contributed by atoms with Gasteiger partial charge in [-0.05, 0) is 38.5 Å². The lowest BCUT2D eigenvalue weighted by Gasteiger charge is -2.19. The van der Waals surface area contributed by atoms with E-state index in [4.69, 9.17) is 24.3 Å². The highest BCUT2D eigenvalue weighted by molar-refractivity contribution is 7.47. The number of rotatable bonds is 38. The van der Waals surface area contributed by atoms with Gasteiger partial charge in [0.1, 0.15) is 6.61 Å². The minimum Gasteiger partial charge on any atom is -0.462 e. The van der Waals surface area contributed by atoms with Crippen LogP contribution in [0, 0.1) is 0 Å². The molecule has 0 aliphatic carbocycles. The predicted octanol–water partition coefficient (Wildman–Crippen LogP) is 11.2. The van der Waals surface area contributed by atoms with Crippen LogP contribution in [0.3, 0.4) is 0 Å². The molecule has 0 aromatic rings. The Bertz CT molecular complexity index is 881. The molecule has 0 rings (SSSR count).